The third kappa shape index (κ3) is 5.03. The molecule has 0 aliphatic rings. The molecule has 0 aliphatic carbocycles. The van der Waals surface area contributed by atoms with Crippen molar-refractivity contribution in [2.75, 3.05) is 21.1 Å². The van der Waals surface area contributed by atoms with E-state index in [1.54, 1.807) is 6.92 Å². The van der Waals surface area contributed by atoms with Gasteiger partial charge in [-0.15, -0.1) is 0 Å². The fourth-order valence-corrected chi connectivity index (χ4v) is 3.46. The Bertz CT molecular complexity index is 1270. The summed E-state index contributed by atoms with van der Waals surface area (Å²) in [6, 6.07) is 14.1. The monoisotopic (exact) mass is 471 g/mol. The van der Waals surface area contributed by atoms with Gasteiger partial charge in [-0.2, -0.15) is 13.2 Å². The molecule has 0 N–H and O–H groups in total. The lowest BCUT2D eigenvalue weighted by Crippen LogP contribution is -2.36. The predicted molar refractivity (Wildman–Crippen MR) is 122 cm³/mol. The van der Waals surface area contributed by atoms with Gasteiger partial charge in [0.05, 0.1) is 17.2 Å². The second-order valence-electron chi connectivity index (χ2n) is 8.07. The van der Waals surface area contributed by atoms with E-state index in [2.05, 4.69) is 0 Å². The number of carbonyl (C=O) groups excluding carboxylic acids is 2. The lowest BCUT2D eigenvalue weighted by molar-refractivity contribution is -0.137. The van der Waals surface area contributed by atoms with Crippen LogP contribution in [-0.4, -0.2) is 47.3 Å². The van der Waals surface area contributed by atoms with Gasteiger partial charge in [-0.1, -0.05) is 36.4 Å². The zero-order chi connectivity index (χ0) is 25.2. The Morgan fingerprint density at radius 3 is 2.15 bits per heavy atom. The van der Waals surface area contributed by atoms with Crippen molar-refractivity contribution in [3.8, 4) is 5.69 Å². The van der Waals surface area contributed by atoms with Gasteiger partial charge in [-0.25, -0.2) is 0 Å². The summed E-state index contributed by atoms with van der Waals surface area (Å²) in [5.41, 5.74) is -1.39. The van der Waals surface area contributed by atoms with Crippen LogP contribution in [-0.2, 0) is 6.18 Å². The lowest BCUT2D eigenvalue weighted by atomic mass is 10.1. The minimum Gasteiger partial charge on any atom is -0.345 e. The van der Waals surface area contributed by atoms with Crippen LogP contribution in [0.25, 0.3) is 5.69 Å². The molecular formula is C25H24F3N3O3. The summed E-state index contributed by atoms with van der Waals surface area (Å²) in [6.45, 7) is 1.79. The number of hydrogen-bond donors (Lipinski definition) is 0. The fraction of sp³-hybridized carbons (Fsp3) is 0.240. The minimum absolute atomic E-state index is 0.00822. The molecule has 1 atom stereocenters. The molecule has 0 saturated heterocycles. The van der Waals surface area contributed by atoms with E-state index in [0.717, 1.165) is 34.5 Å². The maximum absolute atomic E-state index is 13.3. The largest absolute Gasteiger partial charge is 0.416 e. The third-order valence-electron chi connectivity index (χ3n) is 5.54. The summed E-state index contributed by atoms with van der Waals surface area (Å²) in [5.74, 6) is -1.16. The summed E-state index contributed by atoms with van der Waals surface area (Å²) < 4.78 is 40.7. The molecule has 34 heavy (non-hydrogen) atoms. The first-order valence-electron chi connectivity index (χ1n) is 10.4. The molecule has 178 valence electrons. The Hall–Kier alpha value is -3.88. The van der Waals surface area contributed by atoms with Crippen molar-refractivity contribution >= 4 is 11.8 Å². The summed E-state index contributed by atoms with van der Waals surface area (Å²) in [5, 5.41) is 0. The quantitative estimate of drug-likeness (QED) is 0.555. The van der Waals surface area contributed by atoms with E-state index in [1.165, 1.54) is 43.1 Å². The van der Waals surface area contributed by atoms with Crippen LogP contribution in [0.15, 0.2) is 71.7 Å². The molecule has 2 aromatic carbocycles. The van der Waals surface area contributed by atoms with Gasteiger partial charge in [-0.05, 0) is 36.8 Å². The van der Waals surface area contributed by atoms with Crippen LogP contribution >= 0.6 is 0 Å². The van der Waals surface area contributed by atoms with Crippen molar-refractivity contribution in [3.05, 3.63) is 99.5 Å². The molecule has 1 aromatic heterocycles. The second kappa shape index (κ2) is 9.54. The molecule has 3 aromatic rings. The summed E-state index contributed by atoms with van der Waals surface area (Å²) in [7, 11) is 4.51. The van der Waals surface area contributed by atoms with Crippen LogP contribution in [0.5, 0.6) is 0 Å². The van der Waals surface area contributed by atoms with Crippen LogP contribution < -0.4 is 5.56 Å². The standard InChI is InChI=1S/C25H24F3N3O3/c1-16(17-9-6-5-7-10-17)30(4)23(33)21-13-18(22(32)29(2)3)15-31(24(21)34)20-12-8-11-19(14-20)25(26,27)28/h5-16H,1-4H3. The van der Waals surface area contributed by atoms with Crippen molar-refractivity contribution < 1.29 is 22.8 Å². The van der Waals surface area contributed by atoms with E-state index >= 15 is 0 Å². The number of pyridine rings is 1. The molecule has 0 fully saturated rings. The van der Waals surface area contributed by atoms with E-state index in [9.17, 15) is 27.6 Å². The summed E-state index contributed by atoms with van der Waals surface area (Å²) in [6.07, 6.45) is -3.47. The molecular weight excluding hydrogens is 447 g/mol. The number of nitrogens with zero attached hydrogens (tertiary/aromatic N) is 3. The molecule has 9 heteroatoms. The first-order chi connectivity index (χ1) is 15.9. The number of halogens is 3. The number of aromatic nitrogens is 1. The van der Waals surface area contributed by atoms with Crippen LogP contribution in [0.2, 0.25) is 0 Å². The fourth-order valence-electron chi connectivity index (χ4n) is 3.46. The molecule has 6 nitrogen and oxygen atoms in total. The molecule has 0 saturated carbocycles. The Morgan fingerprint density at radius 2 is 1.56 bits per heavy atom. The zero-order valence-electron chi connectivity index (χ0n) is 19.1. The highest BCUT2D eigenvalue weighted by molar-refractivity contribution is 5.99. The average Bonchev–Trinajstić information content (AvgIpc) is 2.82. The highest BCUT2D eigenvalue weighted by atomic mass is 19.4. The van der Waals surface area contributed by atoms with Gasteiger partial charge in [0.2, 0.25) is 0 Å². The normalized spacial score (nSPS) is 12.2. The van der Waals surface area contributed by atoms with Crippen molar-refractivity contribution in [2.45, 2.75) is 19.1 Å². The van der Waals surface area contributed by atoms with Crippen molar-refractivity contribution in [1.29, 1.82) is 0 Å². The van der Waals surface area contributed by atoms with Gasteiger partial charge in [0, 0.05) is 33.0 Å². The second-order valence-corrected chi connectivity index (χ2v) is 8.07. The van der Waals surface area contributed by atoms with Gasteiger partial charge in [0.25, 0.3) is 17.4 Å². The van der Waals surface area contributed by atoms with E-state index in [1.807, 2.05) is 30.3 Å². The van der Waals surface area contributed by atoms with E-state index in [-0.39, 0.29) is 16.8 Å². The Labute approximate surface area is 194 Å². The average molecular weight is 471 g/mol. The van der Waals surface area contributed by atoms with Crippen molar-refractivity contribution in [1.82, 2.24) is 14.4 Å². The van der Waals surface area contributed by atoms with Gasteiger partial charge in [0.1, 0.15) is 5.56 Å². The molecule has 2 amide bonds. The number of alkyl halides is 3. The SMILES string of the molecule is CC(c1ccccc1)N(C)C(=O)c1cc(C(=O)N(C)C)cn(-c2cccc(C(F)(F)F)c2)c1=O. The van der Waals surface area contributed by atoms with Crippen molar-refractivity contribution in [3.63, 3.8) is 0 Å². The number of rotatable bonds is 5. The van der Waals surface area contributed by atoms with Gasteiger partial charge >= 0.3 is 6.18 Å². The first kappa shape index (κ1) is 24.8. The smallest absolute Gasteiger partial charge is 0.345 e. The Balaban J connectivity index is 2.16. The molecule has 0 bridgehead atoms. The topological polar surface area (TPSA) is 62.6 Å². The molecule has 3 rings (SSSR count). The Kier molecular flexibility index (Phi) is 6.95. The van der Waals surface area contributed by atoms with Crippen LogP contribution in [0.3, 0.4) is 0 Å². The lowest BCUT2D eigenvalue weighted by Gasteiger charge is -2.26. The summed E-state index contributed by atoms with van der Waals surface area (Å²) >= 11 is 0. The molecule has 1 unspecified atom stereocenters. The number of hydrogen-bond acceptors (Lipinski definition) is 3. The number of carbonyl (C=O) groups is 2. The number of amides is 2. The first-order valence-corrected chi connectivity index (χ1v) is 10.4. The molecule has 0 aliphatic heterocycles. The van der Waals surface area contributed by atoms with Crippen LogP contribution in [0, 0.1) is 0 Å². The van der Waals surface area contributed by atoms with Gasteiger partial charge in [-0.3, -0.25) is 19.0 Å². The maximum atomic E-state index is 13.3. The summed E-state index contributed by atoms with van der Waals surface area (Å²) in [4.78, 5) is 41.9. The van der Waals surface area contributed by atoms with E-state index < -0.39 is 35.2 Å². The van der Waals surface area contributed by atoms with Crippen molar-refractivity contribution in [2.24, 2.45) is 0 Å². The predicted octanol–water partition coefficient (Wildman–Crippen LogP) is 4.39. The Morgan fingerprint density at radius 1 is 0.912 bits per heavy atom. The maximum Gasteiger partial charge on any atom is 0.416 e. The zero-order valence-corrected chi connectivity index (χ0v) is 19.1. The highest BCUT2D eigenvalue weighted by Crippen LogP contribution is 2.30. The van der Waals surface area contributed by atoms with Gasteiger partial charge in [0.15, 0.2) is 0 Å². The molecule has 0 spiro atoms. The van der Waals surface area contributed by atoms with E-state index in [4.69, 9.17) is 0 Å². The minimum atomic E-state index is -4.62. The highest BCUT2D eigenvalue weighted by Gasteiger charge is 2.31. The molecule has 0 radical (unpaired) electrons. The van der Waals surface area contributed by atoms with Gasteiger partial charge < -0.3 is 9.80 Å². The van der Waals surface area contributed by atoms with E-state index in [0.29, 0.717) is 0 Å². The van der Waals surface area contributed by atoms with Crippen LogP contribution in [0.4, 0.5) is 13.2 Å². The van der Waals surface area contributed by atoms with Crippen LogP contribution in [0.1, 0.15) is 44.8 Å². The third-order valence-corrected chi connectivity index (χ3v) is 5.54. The number of benzene rings is 2. The molecule has 1 heterocycles.